The maximum absolute atomic E-state index is 5.96. The first-order chi connectivity index (χ1) is 9.63. The van der Waals surface area contributed by atoms with Gasteiger partial charge in [0, 0.05) is 22.2 Å². The Labute approximate surface area is 128 Å². The van der Waals surface area contributed by atoms with E-state index in [4.69, 9.17) is 23.2 Å². The van der Waals surface area contributed by atoms with Gasteiger partial charge in [-0.15, -0.1) is 0 Å². The Balaban J connectivity index is 1.95. The Kier molecular flexibility index (Phi) is 3.68. The van der Waals surface area contributed by atoms with Gasteiger partial charge in [-0.25, -0.2) is 0 Å². The highest BCUT2D eigenvalue weighted by Gasteiger charge is 2.27. The van der Waals surface area contributed by atoms with E-state index in [9.17, 15) is 0 Å². The monoisotopic (exact) mass is 304 g/mol. The van der Waals surface area contributed by atoms with Crippen LogP contribution in [0, 0.1) is 0 Å². The average molecular weight is 305 g/mol. The molecule has 1 aliphatic rings. The Morgan fingerprint density at radius 3 is 2.10 bits per heavy atom. The van der Waals surface area contributed by atoms with E-state index >= 15 is 0 Å². The van der Waals surface area contributed by atoms with Crippen molar-refractivity contribution in [2.45, 2.75) is 19.4 Å². The van der Waals surface area contributed by atoms with Crippen LogP contribution >= 0.6 is 23.2 Å². The summed E-state index contributed by atoms with van der Waals surface area (Å²) < 4.78 is 0. The fourth-order valence-electron chi connectivity index (χ4n) is 2.44. The van der Waals surface area contributed by atoms with Crippen molar-refractivity contribution in [3.05, 3.63) is 64.1 Å². The van der Waals surface area contributed by atoms with E-state index in [2.05, 4.69) is 29.2 Å². The molecular weight excluding hydrogens is 291 g/mol. The van der Waals surface area contributed by atoms with Crippen LogP contribution in [0.5, 0.6) is 0 Å². The molecule has 0 spiro atoms. The van der Waals surface area contributed by atoms with Crippen molar-refractivity contribution < 1.29 is 0 Å². The van der Waals surface area contributed by atoms with Crippen LogP contribution in [0.4, 0.5) is 5.69 Å². The molecule has 0 saturated carbocycles. The fourth-order valence-corrected chi connectivity index (χ4v) is 2.69. The van der Waals surface area contributed by atoms with E-state index in [1.54, 1.807) is 0 Å². The van der Waals surface area contributed by atoms with Gasteiger partial charge in [0.25, 0.3) is 0 Å². The largest absolute Gasteiger partial charge is 0.258 e. The van der Waals surface area contributed by atoms with Crippen LogP contribution in [0.1, 0.15) is 24.9 Å². The van der Waals surface area contributed by atoms with Crippen LogP contribution in [-0.4, -0.2) is 5.71 Å². The minimum Gasteiger partial charge on any atom is -0.258 e. The fraction of sp³-hybridized carbons (Fsp3) is 0.188. The molecule has 2 nitrogen and oxygen atoms in total. The topological polar surface area (TPSA) is 15.6 Å². The SMILES string of the molecule is CC1=NN(c2ccc(Cl)cc2)C(c2ccc(Cl)cc2)C1. The van der Waals surface area contributed by atoms with Gasteiger partial charge in [-0.2, -0.15) is 5.10 Å². The highest BCUT2D eigenvalue weighted by atomic mass is 35.5. The quantitative estimate of drug-likeness (QED) is 0.733. The highest BCUT2D eigenvalue weighted by molar-refractivity contribution is 6.30. The second-order valence-electron chi connectivity index (χ2n) is 4.93. The molecule has 4 heteroatoms. The van der Waals surface area contributed by atoms with Gasteiger partial charge in [0.15, 0.2) is 0 Å². The summed E-state index contributed by atoms with van der Waals surface area (Å²) in [5.74, 6) is 0. The van der Waals surface area contributed by atoms with Crippen LogP contribution in [-0.2, 0) is 0 Å². The number of nitrogens with zero attached hydrogens (tertiary/aromatic N) is 2. The molecule has 1 heterocycles. The van der Waals surface area contributed by atoms with Crippen molar-refractivity contribution in [3.8, 4) is 0 Å². The van der Waals surface area contributed by atoms with E-state index in [0.29, 0.717) is 0 Å². The van der Waals surface area contributed by atoms with Gasteiger partial charge in [0.2, 0.25) is 0 Å². The van der Waals surface area contributed by atoms with E-state index in [0.717, 1.165) is 27.9 Å². The number of rotatable bonds is 2. The summed E-state index contributed by atoms with van der Waals surface area (Å²) in [6.07, 6.45) is 0.921. The molecule has 102 valence electrons. The Bertz CT molecular complexity index is 633. The lowest BCUT2D eigenvalue weighted by Gasteiger charge is -2.24. The van der Waals surface area contributed by atoms with E-state index < -0.39 is 0 Å². The predicted octanol–water partition coefficient (Wildman–Crippen LogP) is 5.32. The maximum atomic E-state index is 5.96. The molecule has 0 aliphatic carbocycles. The van der Waals surface area contributed by atoms with Crippen LogP contribution in [0.25, 0.3) is 0 Å². The number of anilines is 1. The molecule has 1 unspecified atom stereocenters. The summed E-state index contributed by atoms with van der Waals surface area (Å²) in [6.45, 7) is 2.05. The van der Waals surface area contributed by atoms with Crippen molar-refractivity contribution in [2.75, 3.05) is 5.01 Å². The molecule has 0 saturated heterocycles. The van der Waals surface area contributed by atoms with Crippen molar-refractivity contribution in [1.29, 1.82) is 0 Å². The number of hydrazone groups is 1. The number of hydrogen-bond donors (Lipinski definition) is 0. The number of hydrogen-bond acceptors (Lipinski definition) is 2. The normalized spacial score (nSPS) is 18.2. The van der Waals surface area contributed by atoms with Gasteiger partial charge in [-0.1, -0.05) is 35.3 Å². The van der Waals surface area contributed by atoms with Crippen LogP contribution < -0.4 is 5.01 Å². The summed E-state index contributed by atoms with van der Waals surface area (Å²) >= 11 is 11.9. The smallest absolute Gasteiger partial charge is 0.0828 e. The average Bonchev–Trinajstić information content (AvgIpc) is 2.82. The summed E-state index contributed by atoms with van der Waals surface area (Å²) in [6, 6.07) is 15.9. The second kappa shape index (κ2) is 5.47. The van der Waals surface area contributed by atoms with Crippen molar-refractivity contribution >= 4 is 34.6 Å². The highest BCUT2D eigenvalue weighted by Crippen LogP contribution is 2.35. The maximum Gasteiger partial charge on any atom is 0.0828 e. The molecule has 20 heavy (non-hydrogen) atoms. The lowest BCUT2D eigenvalue weighted by Crippen LogP contribution is -2.18. The molecule has 3 rings (SSSR count). The number of benzene rings is 2. The zero-order valence-electron chi connectivity index (χ0n) is 11.1. The van der Waals surface area contributed by atoms with E-state index in [1.807, 2.05) is 36.4 Å². The van der Waals surface area contributed by atoms with Gasteiger partial charge < -0.3 is 0 Å². The third-order valence-corrected chi connectivity index (χ3v) is 3.91. The van der Waals surface area contributed by atoms with Gasteiger partial charge in [0.1, 0.15) is 0 Å². The van der Waals surface area contributed by atoms with E-state index in [-0.39, 0.29) is 6.04 Å². The van der Waals surface area contributed by atoms with Gasteiger partial charge in [-0.05, 0) is 48.9 Å². The Morgan fingerprint density at radius 2 is 1.50 bits per heavy atom. The molecule has 2 aromatic rings. The molecule has 2 aromatic carbocycles. The third-order valence-electron chi connectivity index (χ3n) is 3.41. The first-order valence-electron chi connectivity index (χ1n) is 6.48. The second-order valence-corrected chi connectivity index (χ2v) is 5.80. The molecule has 0 bridgehead atoms. The standard InChI is InChI=1S/C16H14Cl2N2/c1-11-10-16(12-2-4-13(17)5-3-12)20(19-11)15-8-6-14(18)7-9-15/h2-9,16H,10H2,1H3. The lowest BCUT2D eigenvalue weighted by molar-refractivity contribution is 0.709. The first-order valence-corrected chi connectivity index (χ1v) is 7.23. The van der Waals surface area contributed by atoms with Crippen LogP contribution in [0.15, 0.2) is 53.6 Å². The van der Waals surface area contributed by atoms with Crippen molar-refractivity contribution in [1.82, 2.24) is 0 Å². The Hall–Kier alpha value is -1.51. The summed E-state index contributed by atoms with van der Waals surface area (Å²) in [4.78, 5) is 0. The first kappa shape index (κ1) is 13.5. The molecular formula is C16H14Cl2N2. The zero-order chi connectivity index (χ0) is 14.1. The van der Waals surface area contributed by atoms with Gasteiger partial charge in [0.05, 0.1) is 11.7 Å². The number of halogens is 2. The van der Waals surface area contributed by atoms with Gasteiger partial charge >= 0.3 is 0 Å². The molecule has 0 aromatic heterocycles. The zero-order valence-corrected chi connectivity index (χ0v) is 12.6. The van der Waals surface area contributed by atoms with Crippen molar-refractivity contribution in [3.63, 3.8) is 0 Å². The summed E-state index contributed by atoms with van der Waals surface area (Å²) in [5, 5.41) is 8.18. The third kappa shape index (κ3) is 2.67. The predicted molar refractivity (Wildman–Crippen MR) is 85.9 cm³/mol. The minimum absolute atomic E-state index is 0.216. The lowest BCUT2D eigenvalue weighted by atomic mass is 10.0. The van der Waals surface area contributed by atoms with E-state index in [1.165, 1.54) is 5.56 Å². The van der Waals surface area contributed by atoms with Gasteiger partial charge in [-0.3, -0.25) is 5.01 Å². The van der Waals surface area contributed by atoms with Crippen LogP contribution in [0.3, 0.4) is 0 Å². The minimum atomic E-state index is 0.216. The van der Waals surface area contributed by atoms with Crippen molar-refractivity contribution in [2.24, 2.45) is 5.10 Å². The molecule has 0 fully saturated rings. The molecule has 1 aliphatic heterocycles. The molecule has 0 radical (unpaired) electrons. The molecule has 0 amide bonds. The molecule has 1 atom stereocenters. The summed E-state index contributed by atoms with van der Waals surface area (Å²) in [5.41, 5.74) is 3.39. The summed E-state index contributed by atoms with van der Waals surface area (Å²) in [7, 11) is 0. The molecule has 0 N–H and O–H groups in total. The van der Waals surface area contributed by atoms with Crippen LogP contribution in [0.2, 0.25) is 10.0 Å². The Morgan fingerprint density at radius 1 is 0.950 bits per heavy atom.